The summed E-state index contributed by atoms with van der Waals surface area (Å²) in [6, 6.07) is 4.03. The minimum Gasteiger partial charge on any atom is -0.467 e. The summed E-state index contributed by atoms with van der Waals surface area (Å²) in [6.07, 6.45) is 6.90. The van der Waals surface area contributed by atoms with Crippen LogP contribution in [0.3, 0.4) is 0 Å². The van der Waals surface area contributed by atoms with Crippen molar-refractivity contribution in [1.82, 2.24) is 29.9 Å². The van der Waals surface area contributed by atoms with E-state index in [1.54, 1.807) is 18.6 Å². The van der Waals surface area contributed by atoms with Crippen molar-refractivity contribution in [2.75, 3.05) is 25.7 Å². The summed E-state index contributed by atoms with van der Waals surface area (Å²) < 4.78 is 16.2. The number of methoxy groups -OCH3 is 2. The summed E-state index contributed by atoms with van der Waals surface area (Å²) in [7, 11) is 3.01. The van der Waals surface area contributed by atoms with Gasteiger partial charge in [0, 0.05) is 12.7 Å². The van der Waals surface area contributed by atoms with Gasteiger partial charge in [0.15, 0.2) is 5.75 Å². The van der Waals surface area contributed by atoms with Crippen LogP contribution in [-0.2, 0) is 0 Å². The average Bonchev–Trinajstić information content (AvgIpc) is 3.25. The number of pyridine rings is 1. The van der Waals surface area contributed by atoms with Gasteiger partial charge in [-0.25, -0.2) is 4.98 Å². The Hall–Kier alpha value is -3.56. The average molecular weight is 395 g/mol. The summed E-state index contributed by atoms with van der Waals surface area (Å²) >= 11 is 0. The van der Waals surface area contributed by atoms with Gasteiger partial charge in [0.2, 0.25) is 11.8 Å². The highest BCUT2D eigenvalue weighted by atomic mass is 16.5. The Morgan fingerprint density at radius 2 is 1.83 bits per heavy atom. The molecule has 0 spiro atoms. The molecule has 0 N–H and O–H groups in total. The minimum absolute atomic E-state index is 0.0437. The van der Waals surface area contributed by atoms with E-state index in [4.69, 9.17) is 14.2 Å². The third kappa shape index (κ3) is 4.00. The normalized spacial score (nSPS) is 16.0. The number of aromatic nitrogens is 6. The van der Waals surface area contributed by atoms with E-state index in [1.165, 1.54) is 14.2 Å². The van der Waals surface area contributed by atoms with E-state index in [-0.39, 0.29) is 18.1 Å². The monoisotopic (exact) mass is 395 g/mol. The molecule has 0 bridgehead atoms. The van der Waals surface area contributed by atoms with Crippen molar-refractivity contribution >= 4 is 5.95 Å². The van der Waals surface area contributed by atoms with E-state index in [1.807, 2.05) is 19.1 Å². The number of anilines is 1. The lowest BCUT2D eigenvalue weighted by Crippen LogP contribution is -2.26. The van der Waals surface area contributed by atoms with Crippen molar-refractivity contribution in [1.29, 1.82) is 0 Å². The highest BCUT2D eigenvalue weighted by Gasteiger charge is 2.31. The Labute approximate surface area is 168 Å². The molecule has 1 fully saturated rings. The van der Waals surface area contributed by atoms with Crippen molar-refractivity contribution in [2.24, 2.45) is 0 Å². The van der Waals surface area contributed by atoms with Gasteiger partial charge in [0.1, 0.15) is 0 Å². The van der Waals surface area contributed by atoms with Crippen LogP contribution in [0.15, 0.2) is 30.7 Å². The van der Waals surface area contributed by atoms with Crippen LogP contribution in [0.25, 0.3) is 0 Å². The first-order valence-electron chi connectivity index (χ1n) is 9.20. The van der Waals surface area contributed by atoms with Crippen LogP contribution in [0.2, 0.25) is 0 Å². The number of aryl methyl sites for hydroxylation is 1. The van der Waals surface area contributed by atoms with E-state index in [0.717, 1.165) is 30.8 Å². The largest absolute Gasteiger partial charge is 0.467 e. The summed E-state index contributed by atoms with van der Waals surface area (Å²) in [5, 5.41) is 0. The zero-order valence-corrected chi connectivity index (χ0v) is 16.4. The summed E-state index contributed by atoms with van der Waals surface area (Å²) in [4.78, 5) is 28.1. The van der Waals surface area contributed by atoms with E-state index in [2.05, 4.69) is 34.8 Å². The smallest absolute Gasteiger partial charge is 0.324 e. The minimum atomic E-state index is -0.0437. The molecule has 29 heavy (non-hydrogen) atoms. The third-order valence-electron chi connectivity index (χ3n) is 4.60. The van der Waals surface area contributed by atoms with Gasteiger partial charge in [-0.2, -0.15) is 9.97 Å². The van der Waals surface area contributed by atoms with E-state index in [0.29, 0.717) is 17.6 Å². The number of rotatable bonds is 6. The number of ether oxygens (including phenoxy) is 3. The quantitative estimate of drug-likeness (QED) is 0.617. The Morgan fingerprint density at radius 3 is 2.55 bits per heavy atom. The first kappa shape index (κ1) is 18.8. The fourth-order valence-corrected chi connectivity index (χ4v) is 3.21. The second kappa shape index (κ2) is 8.21. The van der Waals surface area contributed by atoms with Crippen LogP contribution in [-0.4, -0.2) is 50.7 Å². The van der Waals surface area contributed by atoms with Crippen LogP contribution in [0.5, 0.6) is 23.7 Å². The Balaban J connectivity index is 1.62. The van der Waals surface area contributed by atoms with Crippen molar-refractivity contribution in [2.45, 2.75) is 25.8 Å². The zero-order chi connectivity index (χ0) is 20.2. The SMILES string of the molecule is COc1nc(OC)nc(N2CCCC2c2cncc(Oc3cccnc3C)n2)n1. The fraction of sp³-hybridized carbons (Fsp3) is 0.368. The molecule has 1 aliphatic heterocycles. The van der Waals surface area contributed by atoms with Gasteiger partial charge in [0.25, 0.3) is 0 Å². The number of hydrogen-bond donors (Lipinski definition) is 0. The topological polar surface area (TPSA) is 108 Å². The van der Waals surface area contributed by atoms with E-state index < -0.39 is 0 Å². The molecule has 0 radical (unpaired) electrons. The lowest BCUT2D eigenvalue weighted by molar-refractivity contribution is 0.339. The first-order chi connectivity index (χ1) is 14.2. The van der Waals surface area contributed by atoms with Crippen molar-refractivity contribution in [3.05, 3.63) is 42.1 Å². The molecule has 150 valence electrons. The van der Waals surface area contributed by atoms with E-state index in [9.17, 15) is 0 Å². The molecule has 1 atom stereocenters. The summed E-state index contributed by atoms with van der Waals surface area (Å²) in [5.74, 6) is 1.54. The second-order valence-electron chi connectivity index (χ2n) is 6.43. The van der Waals surface area contributed by atoms with Gasteiger partial charge < -0.3 is 19.1 Å². The molecule has 10 heteroatoms. The standard InChI is InChI=1S/C19H21N7O3/c1-12-15(7-4-8-21-12)29-16-11-20-10-13(22-16)14-6-5-9-26(14)17-23-18(27-2)25-19(24-17)28-3/h4,7-8,10-11,14H,5-6,9H2,1-3H3. The predicted molar refractivity (Wildman–Crippen MR) is 103 cm³/mol. The maximum Gasteiger partial charge on any atom is 0.324 e. The molecule has 0 aliphatic carbocycles. The Bertz CT molecular complexity index is 979. The highest BCUT2D eigenvalue weighted by Crippen LogP contribution is 2.35. The van der Waals surface area contributed by atoms with Gasteiger partial charge in [-0.1, -0.05) is 0 Å². The lowest BCUT2D eigenvalue weighted by Gasteiger charge is -2.24. The molecule has 10 nitrogen and oxygen atoms in total. The van der Waals surface area contributed by atoms with Crippen molar-refractivity contribution in [3.63, 3.8) is 0 Å². The van der Waals surface area contributed by atoms with Gasteiger partial charge in [-0.05, 0) is 31.9 Å². The summed E-state index contributed by atoms with van der Waals surface area (Å²) in [6.45, 7) is 2.66. The second-order valence-corrected chi connectivity index (χ2v) is 6.43. The first-order valence-corrected chi connectivity index (χ1v) is 9.20. The molecule has 0 amide bonds. The molecule has 0 aromatic carbocycles. The van der Waals surface area contributed by atoms with Crippen LogP contribution < -0.4 is 19.1 Å². The molecular weight excluding hydrogens is 374 g/mol. The zero-order valence-electron chi connectivity index (χ0n) is 16.4. The predicted octanol–water partition coefficient (Wildman–Crippen LogP) is 2.52. The molecule has 1 saturated heterocycles. The van der Waals surface area contributed by atoms with Gasteiger partial charge in [-0.15, -0.1) is 4.98 Å². The third-order valence-corrected chi connectivity index (χ3v) is 4.60. The van der Waals surface area contributed by atoms with Crippen LogP contribution in [0.1, 0.15) is 30.3 Å². The molecule has 4 heterocycles. The van der Waals surface area contributed by atoms with Gasteiger partial charge in [-0.3, -0.25) is 9.97 Å². The number of nitrogens with zero attached hydrogens (tertiary/aromatic N) is 7. The molecule has 1 unspecified atom stereocenters. The highest BCUT2D eigenvalue weighted by molar-refractivity contribution is 5.38. The van der Waals surface area contributed by atoms with Crippen LogP contribution in [0, 0.1) is 6.92 Å². The van der Waals surface area contributed by atoms with Crippen molar-refractivity contribution < 1.29 is 14.2 Å². The van der Waals surface area contributed by atoms with Gasteiger partial charge in [0.05, 0.1) is 44.0 Å². The maximum atomic E-state index is 5.89. The van der Waals surface area contributed by atoms with E-state index >= 15 is 0 Å². The van der Waals surface area contributed by atoms with Gasteiger partial charge >= 0.3 is 12.0 Å². The molecule has 0 saturated carbocycles. The molecular formula is C19H21N7O3. The maximum absolute atomic E-state index is 5.89. The Morgan fingerprint density at radius 1 is 1.03 bits per heavy atom. The molecule has 1 aliphatic rings. The number of hydrogen-bond acceptors (Lipinski definition) is 10. The molecule has 3 aromatic rings. The van der Waals surface area contributed by atoms with Crippen LogP contribution in [0.4, 0.5) is 5.95 Å². The molecule has 3 aromatic heterocycles. The summed E-state index contributed by atoms with van der Waals surface area (Å²) in [5.41, 5.74) is 1.56. The Kier molecular flexibility index (Phi) is 5.32. The fourth-order valence-electron chi connectivity index (χ4n) is 3.21. The van der Waals surface area contributed by atoms with Crippen LogP contribution >= 0.6 is 0 Å². The molecule has 4 rings (SSSR count). The van der Waals surface area contributed by atoms with Crippen molar-refractivity contribution in [3.8, 4) is 23.7 Å². The lowest BCUT2D eigenvalue weighted by atomic mass is 10.1.